The van der Waals surface area contributed by atoms with Gasteiger partial charge >= 0.3 is 0 Å². The molecule has 1 amide bonds. The van der Waals surface area contributed by atoms with Crippen LogP contribution in [0.15, 0.2) is 12.0 Å². The van der Waals surface area contributed by atoms with Crippen LogP contribution in [0.2, 0.25) is 0 Å². The summed E-state index contributed by atoms with van der Waals surface area (Å²) in [6.07, 6.45) is 2.05. The highest BCUT2D eigenvalue weighted by Crippen LogP contribution is 2.32. The van der Waals surface area contributed by atoms with Crippen LogP contribution in [0, 0.1) is 5.92 Å². The van der Waals surface area contributed by atoms with Gasteiger partial charge in [-0.05, 0) is 26.7 Å². The van der Waals surface area contributed by atoms with Crippen LogP contribution >= 0.6 is 0 Å². The van der Waals surface area contributed by atoms with Crippen molar-refractivity contribution in [1.29, 1.82) is 0 Å². The Labute approximate surface area is 121 Å². The van der Waals surface area contributed by atoms with E-state index in [9.17, 15) is 13.2 Å². The number of carbonyl (C=O) groups is 1. The molecule has 1 heterocycles. The average Bonchev–Trinajstić information content (AvgIpc) is 3.19. The van der Waals surface area contributed by atoms with Crippen LogP contribution in [0.5, 0.6) is 0 Å². The van der Waals surface area contributed by atoms with Gasteiger partial charge in [0.15, 0.2) is 9.84 Å². The predicted octanol–water partition coefficient (Wildman–Crippen LogP) is 0.877. The molecule has 0 bridgehead atoms. The van der Waals surface area contributed by atoms with E-state index in [1.165, 1.54) is 0 Å². The summed E-state index contributed by atoms with van der Waals surface area (Å²) in [6, 6.07) is 0. The lowest BCUT2D eigenvalue weighted by atomic mass is 9.98. The van der Waals surface area contributed by atoms with E-state index in [2.05, 4.69) is 25.3 Å². The van der Waals surface area contributed by atoms with Gasteiger partial charge in [-0.1, -0.05) is 6.58 Å². The second-order valence-electron chi connectivity index (χ2n) is 6.37. The number of hydrogen-bond acceptors (Lipinski definition) is 4. The van der Waals surface area contributed by atoms with Crippen molar-refractivity contribution in [3.63, 3.8) is 0 Å². The number of piperazine rings is 1. The van der Waals surface area contributed by atoms with Crippen LogP contribution in [-0.2, 0) is 14.6 Å². The number of amides is 1. The topological polar surface area (TPSA) is 57.7 Å². The molecule has 1 saturated heterocycles. The van der Waals surface area contributed by atoms with Gasteiger partial charge in [-0.25, -0.2) is 8.42 Å². The van der Waals surface area contributed by atoms with Gasteiger partial charge in [0.1, 0.15) is 0 Å². The number of sulfone groups is 1. The number of nitrogens with zero attached hydrogens (tertiary/aromatic N) is 2. The molecule has 2 fully saturated rings. The molecular weight excluding hydrogens is 276 g/mol. The molecule has 114 valence electrons. The minimum atomic E-state index is -3.16. The molecule has 0 aromatic heterocycles. The fourth-order valence-corrected chi connectivity index (χ4v) is 3.34. The van der Waals surface area contributed by atoms with Crippen LogP contribution in [0.3, 0.4) is 0 Å². The predicted molar refractivity (Wildman–Crippen MR) is 78.9 cm³/mol. The van der Waals surface area contributed by atoms with E-state index >= 15 is 0 Å². The van der Waals surface area contributed by atoms with Gasteiger partial charge < -0.3 is 4.90 Å². The lowest BCUT2D eigenvalue weighted by Gasteiger charge is -2.47. The summed E-state index contributed by atoms with van der Waals surface area (Å²) in [5.74, 6) is 0.617. The van der Waals surface area contributed by atoms with Gasteiger partial charge in [-0.2, -0.15) is 0 Å². The molecule has 20 heavy (non-hydrogen) atoms. The maximum atomic E-state index is 12.1. The van der Waals surface area contributed by atoms with Crippen molar-refractivity contribution < 1.29 is 13.2 Å². The molecule has 0 aromatic rings. The summed E-state index contributed by atoms with van der Waals surface area (Å²) in [7, 11) is -3.16. The van der Waals surface area contributed by atoms with Gasteiger partial charge in [0, 0.05) is 43.0 Å². The molecular formula is C14H24N2O3S. The molecule has 0 radical (unpaired) electrons. The average molecular weight is 300 g/mol. The van der Waals surface area contributed by atoms with E-state index in [-0.39, 0.29) is 23.1 Å². The first-order valence-corrected chi connectivity index (χ1v) is 8.86. The molecule has 2 rings (SSSR count). The fourth-order valence-electron chi connectivity index (χ4n) is 2.70. The van der Waals surface area contributed by atoms with Crippen molar-refractivity contribution in [1.82, 2.24) is 9.80 Å². The van der Waals surface area contributed by atoms with Crippen molar-refractivity contribution in [2.45, 2.75) is 32.2 Å². The molecule has 1 aliphatic carbocycles. The Morgan fingerprint density at radius 2 is 2.00 bits per heavy atom. The zero-order chi connectivity index (χ0) is 15.0. The lowest BCUT2D eigenvalue weighted by Crippen LogP contribution is -2.61. The number of carbonyl (C=O) groups excluding carboxylic acids is 1. The van der Waals surface area contributed by atoms with E-state index < -0.39 is 9.84 Å². The minimum Gasteiger partial charge on any atom is -0.339 e. The SMILES string of the molecule is C=CS(=O)(=O)CCN1CCN(C(=O)C2CC2)CC1(C)C. The monoisotopic (exact) mass is 300 g/mol. The zero-order valence-corrected chi connectivity index (χ0v) is 13.2. The van der Waals surface area contributed by atoms with Gasteiger partial charge in [0.25, 0.3) is 0 Å². The first-order valence-electron chi connectivity index (χ1n) is 7.14. The molecule has 1 aliphatic heterocycles. The Kier molecular flexibility index (Phi) is 4.25. The molecule has 0 aromatic carbocycles. The summed E-state index contributed by atoms with van der Waals surface area (Å²) < 4.78 is 23.0. The van der Waals surface area contributed by atoms with E-state index in [0.717, 1.165) is 24.8 Å². The number of hydrogen-bond donors (Lipinski definition) is 0. The Bertz CT molecular complexity index is 495. The van der Waals surface area contributed by atoms with Crippen molar-refractivity contribution in [3.8, 4) is 0 Å². The molecule has 0 N–H and O–H groups in total. The first-order chi connectivity index (χ1) is 9.25. The maximum Gasteiger partial charge on any atom is 0.225 e. The van der Waals surface area contributed by atoms with Gasteiger partial charge in [-0.3, -0.25) is 9.69 Å². The van der Waals surface area contributed by atoms with Crippen LogP contribution < -0.4 is 0 Å². The minimum absolute atomic E-state index is 0.0938. The van der Waals surface area contributed by atoms with Gasteiger partial charge in [0.2, 0.25) is 5.91 Å². The third-order valence-electron chi connectivity index (χ3n) is 4.21. The standard InChI is InChI=1S/C14H24N2O3S/c1-4-20(18,19)10-9-16-8-7-15(11-14(16,2)3)13(17)12-5-6-12/h4,12H,1,5-11H2,2-3H3. The third kappa shape index (κ3) is 3.61. The Hall–Kier alpha value is -0.880. The molecule has 2 aliphatic rings. The highest BCUT2D eigenvalue weighted by Gasteiger charge is 2.40. The first kappa shape index (κ1) is 15.5. The summed E-state index contributed by atoms with van der Waals surface area (Å²) in [4.78, 5) is 16.2. The molecule has 0 atom stereocenters. The van der Waals surface area contributed by atoms with Crippen LogP contribution in [0.4, 0.5) is 0 Å². The molecule has 0 unspecified atom stereocenters. The highest BCUT2D eigenvalue weighted by molar-refractivity contribution is 7.94. The Morgan fingerprint density at radius 3 is 2.50 bits per heavy atom. The van der Waals surface area contributed by atoms with Crippen molar-refractivity contribution in [3.05, 3.63) is 12.0 Å². The van der Waals surface area contributed by atoms with Crippen molar-refractivity contribution in [2.24, 2.45) is 5.92 Å². The molecule has 6 heteroatoms. The highest BCUT2D eigenvalue weighted by atomic mass is 32.2. The van der Waals surface area contributed by atoms with E-state index in [1.807, 2.05) is 4.90 Å². The second kappa shape index (κ2) is 5.48. The van der Waals surface area contributed by atoms with E-state index in [4.69, 9.17) is 0 Å². The normalized spacial score (nSPS) is 23.6. The molecule has 0 spiro atoms. The van der Waals surface area contributed by atoms with E-state index in [0.29, 0.717) is 19.6 Å². The maximum absolute atomic E-state index is 12.1. The lowest BCUT2D eigenvalue weighted by molar-refractivity contribution is -0.137. The summed E-state index contributed by atoms with van der Waals surface area (Å²) >= 11 is 0. The summed E-state index contributed by atoms with van der Waals surface area (Å²) in [6.45, 7) is 10.1. The Morgan fingerprint density at radius 1 is 1.35 bits per heavy atom. The quantitative estimate of drug-likeness (QED) is 0.756. The van der Waals surface area contributed by atoms with Crippen LogP contribution in [0.25, 0.3) is 0 Å². The van der Waals surface area contributed by atoms with Crippen molar-refractivity contribution >= 4 is 15.7 Å². The van der Waals surface area contributed by atoms with Crippen LogP contribution in [0.1, 0.15) is 26.7 Å². The second-order valence-corrected chi connectivity index (χ2v) is 8.43. The van der Waals surface area contributed by atoms with Gasteiger partial charge in [0.05, 0.1) is 5.75 Å². The van der Waals surface area contributed by atoms with Crippen molar-refractivity contribution in [2.75, 3.05) is 31.9 Å². The summed E-state index contributed by atoms with van der Waals surface area (Å²) in [5, 5.41) is 1.02. The molecule has 5 nitrogen and oxygen atoms in total. The van der Waals surface area contributed by atoms with E-state index in [1.54, 1.807) is 0 Å². The number of rotatable bonds is 5. The zero-order valence-electron chi connectivity index (χ0n) is 12.3. The van der Waals surface area contributed by atoms with Crippen LogP contribution in [-0.4, -0.2) is 61.6 Å². The molecule has 1 saturated carbocycles. The smallest absolute Gasteiger partial charge is 0.225 e. The van der Waals surface area contributed by atoms with Gasteiger partial charge in [-0.15, -0.1) is 0 Å². The third-order valence-corrected chi connectivity index (χ3v) is 5.47. The largest absolute Gasteiger partial charge is 0.339 e. The Balaban J connectivity index is 1.93. The summed E-state index contributed by atoms with van der Waals surface area (Å²) in [5.41, 5.74) is -0.181. The fraction of sp³-hybridized carbons (Fsp3) is 0.786.